The van der Waals surface area contributed by atoms with Gasteiger partial charge < -0.3 is 19.9 Å². The maximum atomic E-state index is 12.2. The molecule has 0 heterocycles. The predicted molar refractivity (Wildman–Crippen MR) is 110 cm³/mol. The van der Waals surface area contributed by atoms with E-state index in [2.05, 4.69) is 5.32 Å². The van der Waals surface area contributed by atoms with Crippen LogP contribution in [0.2, 0.25) is 0 Å². The van der Waals surface area contributed by atoms with E-state index in [-0.39, 0.29) is 13.0 Å². The van der Waals surface area contributed by atoms with Gasteiger partial charge in [0.05, 0.1) is 18.6 Å². The van der Waals surface area contributed by atoms with Crippen molar-refractivity contribution in [3.05, 3.63) is 71.8 Å². The first kappa shape index (κ1) is 22.4. The molecule has 2 aromatic carbocycles. The topological polar surface area (TPSA) is 84.9 Å². The van der Waals surface area contributed by atoms with Crippen LogP contribution in [0.15, 0.2) is 60.7 Å². The molecule has 1 amide bonds. The molecule has 0 spiro atoms. The molecule has 0 radical (unpaired) electrons. The minimum Gasteiger partial charge on any atom is -0.461 e. The highest BCUT2D eigenvalue weighted by Crippen LogP contribution is 2.13. The van der Waals surface area contributed by atoms with Gasteiger partial charge in [-0.2, -0.15) is 0 Å². The van der Waals surface area contributed by atoms with Gasteiger partial charge in [0, 0.05) is 0 Å². The molecule has 29 heavy (non-hydrogen) atoms. The number of aliphatic hydroxyl groups excluding tert-OH is 1. The Bertz CT molecular complexity index is 771. The van der Waals surface area contributed by atoms with E-state index in [1.54, 1.807) is 20.8 Å². The van der Waals surface area contributed by atoms with Gasteiger partial charge in [0.2, 0.25) is 0 Å². The molecule has 2 atom stereocenters. The zero-order valence-electron chi connectivity index (χ0n) is 17.1. The largest absolute Gasteiger partial charge is 0.461 e. The SMILES string of the molecule is CC(C)(C)OC(=O)N[C@@H](Cc1ccccc1)[C@H](O)CC(=O)OCc1ccccc1. The van der Waals surface area contributed by atoms with Crippen LogP contribution in [0, 0.1) is 0 Å². The van der Waals surface area contributed by atoms with Crippen molar-refractivity contribution in [2.75, 3.05) is 0 Å². The highest BCUT2D eigenvalue weighted by Gasteiger charge is 2.27. The molecule has 6 nitrogen and oxygen atoms in total. The van der Waals surface area contributed by atoms with E-state index in [1.165, 1.54) is 0 Å². The van der Waals surface area contributed by atoms with E-state index >= 15 is 0 Å². The van der Waals surface area contributed by atoms with Gasteiger partial charge in [-0.05, 0) is 38.3 Å². The van der Waals surface area contributed by atoms with Crippen LogP contribution in [0.1, 0.15) is 38.3 Å². The molecule has 0 saturated carbocycles. The van der Waals surface area contributed by atoms with Gasteiger partial charge >= 0.3 is 12.1 Å². The fraction of sp³-hybridized carbons (Fsp3) is 0.391. The average Bonchev–Trinajstić information content (AvgIpc) is 2.66. The Labute approximate surface area is 171 Å². The third kappa shape index (κ3) is 8.79. The predicted octanol–water partition coefficient (Wildman–Crippen LogP) is 3.62. The summed E-state index contributed by atoms with van der Waals surface area (Å²) >= 11 is 0. The maximum Gasteiger partial charge on any atom is 0.407 e. The molecule has 0 unspecified atom stereocenters. The first-order valence-corrected chi connectivity index (χ1v) is 9.64. The fourth-order valence-electron chi connectivity index (χ4n) is 2.72. The number of rotatable bonds is 8. The smallest absolute Gasteiger partial charge is 0.407 e. The zero-order chi connectivity index (χ0) is 21.3. The number of aliphatic hydroxyl groups is 1. The number of carbonyl (C=O) groups is 2. The molecular weight excluding hydrogens is 370 g/mol. The molecule has 0 aliphatic rings. The Balaban J connectivity index is 1.97. The summed E-state index contributed by atoms with van der Waals surface area (Å²) in [4.78, 5) is 24.4. The molecule has 0 saturated heterocycles. The Hall–Kier alpha value is -2.86. The van der Waals surface area contributed by atoms with Gasteiger partial charge in [0.25, 0.3) is 0 Å². The first-order valence-electron chi connectivity index (χ1n) is 9.64. The van der Waals surface area contributed by atoms with Gasteiger partial charge in [-0.3, -0.25) is 4.79 Å². The van der Waals surface area contributed by atoms with Crippen LogP contribution in [0.25, 0.3) is 0 Å². The van der Waals surface area contributed by atoms with Gasteiger partial charge in [0.1, 0.15) is 12.2 Å². The number of esters is 1. The van der Waals surface area contributed by atoms with E-state index in [1.807, 2.05) is 60.7 Å². The van der Waals surface area contributed by atoms with Crippen LogP contribution in [-0.4, -0.2) is 34.9 Å². The standard InChI is InChI=1S/C23H29NO5/c1-23(2,3)29-22(27)24-19(14-17-10-6-4-7-11-17)20(25)15-21(26)28-16-18-12-8-5-9-13-18/h4-13,19-20,25H,14-16H2,1-3H3,(H,24,27)/t19-,20+/m0/s1. The Morgan fingerprint density at radius 1 is 0.966 bits per heavy atom. The number of ether oxygens (including phenoxy) is 2. The summed E-state index contributed by atoms with van der Waals surface area (Å²) in [5.74, 6) is -0.537. The van der Waals surface area contributed by atoms with Crippen LogP contribution in [0.3, 0.4) is 0 Å². The second-order valence-electron chi connectivity index (χ2n) is 7.86. The lowest BCUT2D eigenvalue weighted by Crippen LogP contribution is -2.47. The molecule has 0 aromatic heterocycles. The van der Waals surface area contributed by atoms with Crippen LogP contribution in [0.5, 0.6) is 0 Å². The molecule has 0 fully saturated rings. The van der Waals surface area contributed by atoms with Crippen molar-refractivity contribution in [3.63, 3.8) is 0 Å². The fourth-order valence-corrected chi connectivity index (χ4v) is 2.72. The van der Waals surface area contributed by atoms with Crippen LogP contribution < -0.4 is 5.32 Å². The van der Waals surface area contributed by atoms with Gasteiger partial charge in [-0.25, -0.2) is 4.79 Å². The van der Waals surface area contributed by atoms with Crippen LogP contribution in [0.4, 0.5) is 4.79 Å². The van der Waals surface area contributed by atoms with Crippen molar-refractivity contribution in [2.45, 2.75) is 58.0 Å². The lowest BCUT2D eigenvalue weighted by molar-refractivity contribution is -0.147. The minimum absolute atomic E-state index is 0.134. The second kappa shape index (κ2) is 10.6. The maximum absolute atomic E-state index is 12.2. The van der Waals surface area contributed by atoms with E-state index in [9.17, 15) is 14.7 Å². The molecule has 6 heteroatoms. The van der Waals surface area contributed by atoms with E-state index < -0.39 is 29.8 Å². The molecule has 2 N–H and O–H groups in total. The van der Waals surface area contributed by atoms with E-state index in [0.29, 0.717) is 6.42 Å². The highest BCUT2D eigenvalue weighted by atomic mass is 16.6. The summed E-state index contributed by atoms with van der Waals surface area (Å²) in [6.45, 7) is 5.41. The molecule has 156 valence electrons. The first-order chi connectivity index (χ1) is 13.7. The zero-order valence-corrected chi connectivity index (χ0v) is 17.1. The third-order valence-electron chi connectivity index (χ3n) is 4.08. The van der Waals surface area contributed by atoms with Crippen molar-refractivity contribution < 1.29 is 24.2 Å². The quantitative estimate of drug-likeness (QED) is 0.663. The Morgan fingerprint density at radius 3 is 2.07 bits per heavy atom. The Morgan fingerprint density at radius 2 is 1.52 bits per heavy atom. The summed E-state index contributed by atoms with van der Waals surface area (Å²) in [5.41, 5.74) is 1.12. The van der Waals surface area contributed by atoms with Crippen LogP contribution >= 0.6 is 0 Å². The monoisotopic (exact) mass is 399 g/mol. The number of hydrogen-bond donors (Lipinski definition) is 2. The van der Waals surface area contributed by atoms with Crippen molar-refractivity contribution in [1.82, 2.24) is 5.32 Å². The van der Waals surface area contributed by atoms with E-state index in [4.69, 9.17) is 9.47 Å². The number of amides is 1. The third-order valence-corrected chi connectivity index (χ3v) is 4.08. The summed E-state index contributed by atoms with van der Waals surface area (Å²) in [5, 5.41) is 13.3. The lowest BCUT2D eigenvalue weighted by Gasteiger charge is -2.26. The van der Waals surface area contributed by atoms with E-state index in [0.717, 1.165) is 11.1 Å². The van der Waals surface area contributed by atoms with Gasteiger partial charge in [-0.15, -0.1) is 0 Å². The van der Waals surface area contributed by atoms with Crippen molar-refractivity contribution in [2.24, 2.45) is 0 Å². The van der Waals surface area contributed by atoms with Crippen LogP contribution in [-0.2, 0) is 27.3 Å². The molecule has 0 aliphatic carbocycles. The summed E-state index contributed by atoms with van der Waals surface area (Å²) in [6.07, 6.45) is -1.64. The van der Waals surface area contributed by atoms with Crippen molar-refractivity contribution in [3.8, 4) is 0 Å². The minimum atomic E-state index is -1.12. The Kier molecular flexibility index (Phi) is 8.21. The number of nitrogens with one attached hydrogen (secondary N) is 1. The number of carbonyl (C=O) groups excluding carboxylic acids is 2. The number of hydrogen-bond acceptors (Lipinski definition) is 5. The van der Waals surface area contributed by atoms with Crippen molar-refractivity contribution >= 4 is 12.1 Å². The number of benzene rings is 2. The summed E-state index contributed by atoms with van der Waals surface area (Å²) in [7, 11) is 0. The summed E-state index contributed by atoms with van der Waals surface area (Å²) in [6, 6.07) is 18.0. The average molecular weight is 399 g/mol. The normalized spacial score (nSPS) is 13.2. The van der Waals surface area contributed by atoms with Gasteiger partial charge in [-0.1, -0.05) is 60.7 Å². The van der Waals surface area contributed by atoms with Crippen molar-refractivity contribution in [1.29, 1.82) is 0 Å². The van der Waals surface area contributed by atoms with Gasteiger partial charge in [0.15, 0.2) is 0 Å². The molecule has 2 aromatic rings. The highest BCUT2D eigenvalue weighted by molar-refractivity contribution is 5.71. The summed E-state index contributed by atoms with van der Waals surface area (Å²) < 4.78 is 10.5. The molecule has 2 rings (SSSR count). The molecule has 0 bridgehead atoms. The molecule has 0 aliphatic heterocycles. The lowest BCUT2D eigenvalue weighted by atomic mass is 9.99. The second-order valence-corrected chi connectivity index (χ2v) is 7.86. The number of alkyl carbamates (subject to hydrolysis) is 1. The molecular formula is C23H29NO5.